The van der Waals surface area contributed by atoms with Gasteiger partial charge in [0.05, 0.1) is 11.6 Å². The van der Waals surface area contributed by atoms with E-state index in [1.807, 2.05) is 4.68 Å². The van der Waals surface area contributed by atoms with Crippen molar-refractivity contribution in [2.24, 2.45) is 11.1 Å². The van der Waals surface area contributed by atoms with E-state index in [-0.39, 0.29) is 22.8 Å². The molecule has 138 valence electrons. The molecule has 25 heavy (non-hydrogen) atoms. The number of nitrogens with two attached hydrogens (primary N) is 1. The molecule has 0 aliphatic heterocycles. The lowest BCUT2D eigenvalue weighted by molar-refractivity contribution is 0.188. The molecule has 0 aliphatic rings. The zero-order valence-electron chi connectivity index (χ0n) is 15.8. The van der Waals surface area contributed by atoms with E-state index in [0.717, 1.165) is 12.0 Å². The predicted octanol–water partition coefficient (Wildman–Crippen LogP) is 2.62. The molecule has 0 saturated carbocycles. The highest BCUT2D eigenvalue weighted by Gasteiger charge is 2.33. The first-order valence-corrected chi connectivity index (χ1v) is 8.62. The van der Waals surface area contributed by atoms with Gasteiger partial charge in [0.25, 0.3) is 0 Å². The number of halogens is 1. The Morgan fingerprint density at radius 2 is 1.80 bits per heavy atom. The third-order valence-electron chi connectivity index (χ3n) is 3.98. The molecule has 0 aliphatic carbocycles. The topological polar surface area (TPSA) is 81.7 Å². The highest BCUT2D eigenvalue weighted by Crippen LogP contribution is 2.33. The summed E-state index contributed by atoms with van der Waals surface area (Å²) in [4.78, 5) is 0. The highest BCUT2D eigenvalue weighted by atomic mass is 19.1. The first-order chi connectivity index (χ1) is 11.6. The molecule has 3 N–H and O–H groups in total. The van der Waals surface area contributed by atoms with Crippen LogP contribution < -0.4 is 11.1 Å². The molecule has 0 bridgehead atoms. The largest absolute Gasteiger partial charge is 0.329 e. The average Bonchev–Trinajstić information content (AvgIpc) is 2.97. The van der Waals surface area contributed by atoms with Gasteiger partial charge in [-0.15, -0.1) is 5.10 Å². The molecular formula is C18H29FN6. The number of aromatic nitrogens is 4. The van der Waals surface area contributed by atoms with Crippen molar-refractivity contribution in [3.8, 4) is 0 Å². The van der Waals surface area contributed by atoms with E-state index < -0.39 is 0 Å². The normalized spacial score (nSPS) is 13.9. The first kappa shape index (κ1) is 19.5. The molecule has 0 fully saturated rings. The van der Waals surface area contributed by atoms with Gasteiger partial charge in [0.2, 0.25) is 0 Å². The Morgan fingerprint density at radius 1 is 1.16 bits per heavy atom. The fourth-order valence-corrected chi connectivity index (χ4v) is 3.42. The van der Waals surface area contributed by atoms with Crippen molar-refractivity contribution in [2.75, 3.05) is 13.1 Å². The van der Waals surface area contributed by atoms with E-state index in [2.05, 4.69) is 55.5 Å². The molecule has 0 spiro atoms. The lowest BCUT2D eigenvalue weighted by Crippen LogP contribution is -2.37. The maximum absolute atomic E-state index is 13.3. The molecule has 0 amide bonds. The van der Waals surface area contributed by atoms with E-state index in [1.165, 1.54) is 12.1 Å². The van der Waals surface area contributed by atoms with Gasteiger partial charge in [-0.25, -0.2) is 9.07 Å². The second-order valence-corrected chi connectivity index (χ2v) is 8.23. The van der Waals surface area contributed by atoms with Crippen molar-refractivity contribution < 1.29 is 4.39 Å². The van der Waals surface area contributed by atoms with Crippen LogP contribution in [0.1, 0.15) is 58.5 Å². The van der Waals surface area contributed by atoms with Crippen LogP contribution in [0.3, 0.4) is 0 Å². The molecule has 1 unspecified atom stereocenters. The van der Waals surface area contributed by atoms with Gasteiger partial charge in [0, 0.05) is 13.1 Å². The van der Waals surface area contributed by atoms with Gasteiger partial charge in [0.1, 0.15) is 5.82 Å². The molecule has 6 nitrogen and oxygen atoms in total. The molecule has 2 rings (SSSR count). The zero-order valence-corrected chi connectivity index (χ0v) is 15.8. The highest BCUT2D eigenvalue weighted by molar-refractivity contribution is 5.25. The minimum atomic E-state index is -0.269. The summed E-state index contributed by atoms with van der Waals surface area (Å²) in [5.74, 6) is 0.434. The second kappa shape index (κ2) is 7.58. The van der Waals surface area contributed by atoms with Crippen LogP contribution in [0.4, 0.5) is 4.39 Å². The number of tetrazole rings is 1. The van der Waals surface area contributed by atoms with Crippen LogP contribution in [0, 0.1) is 11.2 Å². The van der Waals surface area contributed by atoms with Crippen LogP contribution in [0.5, 0.6) is 0 Å². The summed E-state index contributed by atoms with van der Waals surface area (Å²) in [6, 6.07) is 6.14. The summed E-state index contributed by atoms with van der Waals surface area (Å²) in [5, 5.41) is 15.8. The Kier molecular flexibility index (Phi) is 5.90. The molecule has 1 aromatic carbocycles. The van der Waals surface area contributed by atoms with Gasteiger partial charge in [-0.05, 0) is 53.8 Å². The van der Waals surface area contributed by atoms with Gasteiger partial charge in [-0.3, -0.25) is 0 Å². The zero-order chi connectivity index (χ0) is 18.7. The van der Waals surface area contributed by atoms with Crippen molar-refractivity contribution in [1.82, 2.24) is 25.5 Å². The van der Waals surface area contributed by atoms with Crippen molar-refractivity contribution in [1.29, 1.82) is 0 Å². The predicted molar refractivity (Wildman–Crippen MR) is 96.5 cm³/mol. The Hall–Kier alpha value is -1.86. The summed E-state index contributed by atoms with van der Waals surface area (Å²) in [7, 11) is 0. The summed E-state index contributed by atoms with van der Waals surface area (Å²) in [6.07, 6.45) is 0.908. The maximum Gasteiger partial charge on any atom is 0.173 e. The van der Waals surface area contributed by atoms with Crippen LogP contribution >= 0.6 is 0 Å². The van der Waals surface area contributed by atoms with E-state index in [4.69, 9.17) is 5.73 Å². The lowest BCUT2D eigenvalue weighted by atomic mass is 9.81. The number of benzene rings is 1. The summed E-state index contributed by atoms with van der Waals surface area (Å²) < 4.78 is 15.2. The molecule has 0 radical (unpaired) electrons. The smallest absolute Gasteiger partial charge is 0.173 e. The number of nitrogens with one attached hydrogen (secondary N) is 1. The molecule has 1 heterocycles. The Bertz CT molecular complexity index is 672. The summed E-state index contributed by atoms with van der Waals surface area (Å²) in [6.45, 7) is 11.9. The SMILES string of the molecule is CC(C)(C)CC(C)(C)n1nnnc1C(NCCN)c1ccc(F)cc1. The van der Waals surface area contributed by atoms with Crippen LogP contribution in [0.15, 0.2) is 24.3 Å². The second-order valence-electron chi connectivity index (χ2n) is 8.23. The van der Waals surface area contributed by atoms with Crippen molar-refractivity contribution in [3.05, 3.63) is 41.5 Å². The number of nitrogens with zero attached hydrogens (tertiary/aromatic N) is 4. The molecule has 0 saturated heterocycles. The van der Waals surface area contributed by atoms with Crippen LogP contribution in [-0.4, -0.2) is 33.3 Å². The van der Waals surface area contributed by atoms with Gasteiger partial charge in [-0.1, -0.05) is 32.9 Å². The summed E-state index contributed by atoms with van der Waals surface area (Å²) in [5.41, 5.74) is 6.42. The van der Waals surface area contributed by atoms with Crippen LogP contribution in [0.2, 0.25) is 0 Å². The molecule has 1 atom stereocenters. The molecule has 7 heteroatoms. The van der Waals surface area contributed by atoms with Crippen LogP contribution in [0.25, 0.3) is 0 Å². The van der Waals surface area contributed by atoms with E-state index in [1.54, 1.807) is 12.1 Å². The molecule has 2 aromatic rings. The van der Waals surface area contributed by atoms with Crippen molar-refractivity contribution in [3.63, 3.8) is 0 Å². The molecular weight excluding hydrogens is 319 g/mol. The van der Waals surface area contributed by atoms with Gasteiger partial charge < -0.3 is 11.1 Å². The Balaban J connectivity index is 2.42. The standard InChI is InChI=1S/C18H29FN6/c1-17(2,3)12-18(4,5)25-16(22-23-24-25)15(21-11-10-20)13-6-8-14(19)9-7-13/h6-9,15,21H,10-12,20H2,1-5H3. The van der Waals surface area contributed by atoms with Gasteiger partial charge in [-0.2, -0.15) is 0 Å². The van der Waals surface area contributed by atoms with Gasteiger partial charge >= 0.3 is 0 Å². The van der Waals surface area contributed by atoms with E-state index in [0.29, 0.717) is 18.9 Å². The number of hydrogen-bond acceptors (Lipinski definition) is 5. The van der Waals surface area contributed by atoms with Crippen molar-refractivity contribution >= 4 is 0 Å². The fourth-order valence-electron chi connectivity index (χ4n) is 3.42. The third-order valence-corrected chi connectivity index (χ3v) is 3.98. The third kappa shape index (κ3) is 5.06. The lowest BCUT2D eigenvalue weighted by Gasteiger charge is -2.34. The Morgan fingerprint density at radius 3 is 2.36 bits per heavy atom. The van der Waals surface area contributed by atoms with Gasteiger partial charge in [0.15, 0.2) is 5.82 Å². The number of rotatable bonds is 7. The first-order valence-electron chi connectivity index (χ1n) is 8.62. The maximum atomic E-state index is 13.3. The van der Waals surface area contributed by atoms with E-state index >= 15 is 0 Å². The average molecular weight is 348 g/mol. The monoisotopic (exact) mass is 348 g/mol. The fraction of sp³-hybridized carbons (Fsp3) is 0.611. The van der Waals surface area contributed by atoms with E-state index in [9.17, 15) is 4.39 Å². The molecule has 1 aromatic heterocycles. The van der Waals surface area contributed by atoms with Crippen molar-refractivity contribution in [2.45, 2.75) is 52.6 Å². The number of hydrogen-bond donors (Lipinski definition) is 2. The Labute approximate surface area is 149 Å². The quantitative estimate of drug-likeness (QED) is 0.804. The minimum Gasteiger partial charge on any atom is -0.329 e. The minimum absolute atomic E-state index is 0.128. The van der Waals surface area contributed by atoms with Crippen LogP contribution in [-0.2, 0) is 5.54 Å². The summed E-state index contributed by atoms with van der Waals surface area (Å²) >= 11 is 0.